The second kappa shape index (κ2) is 9.30. The maximum Gasteiger partial charge on any atom is 0.253 e. The molecule has 9 heteroatoms. The summed E-state index contributed by atoms with van der Waals surface area (Å²) in [6.45, 7) is 1.93. The second-order valence-corrected chi connectivity index (χ2v) is 9.82. The number of hydrogen-bond donors (Lipinski definition) is 0. The predicted octanol–water partition coefficient (Wildman–Crippen LogP) is 1.83. The molecule has 0 saturated carbocycles. The average molecular weight is 458 g/mol. The van der Waals surface area contributed by atoms with Crippen molar-refractivity contribution in [1.82, 2.24) is 14.1 Å². The number of carbonyl (C=O) groups excluding carboxylic acids is 2. The molecule has 8 nitrogen and oxygen atoms in total. The van der Waals surface area contributed by atoms with Crippen molar-refractivity contribution in [3.63, 3.8) is 0 Å². The van der Waals surface area contributed by atoms with Gasteiger partial charge in [0, 0.05) is 38.3 Å². The SMILES string of the molecule is COc1ccc(C(=O)N2CCN(C(=O)C3CCCN3S(=O)(=O)c3ccccc3)CC2)cc1. The van der Waals surface area contributed by atoms with E-state index in [0.29, 0.717) is 56.9 Å². The highest BCUT2D eigenvalue weighted by Gasteiger charge is 2.41. The van der Waals surface area contributed by atoms with E-state index in [4.69, 9.17) is 4.74 Å². The predicted molar refractivity (Wildman–Crippen MR) is 119 cm³/mol. The molecule has 2 aromatic carbocycles. The summed E-state index contributed by atoms with van der Waals surface area (Å²) in [7, 11) is -2.15. The number of amides is 2. The molecule has 0 radical (unpaired) electrons. The number of benzene rings is 2. The summed E-state index contributed by atoms with van der Waals surface area (Å²) >= 11 is 0. The number of hydrogen-bond acceptors (Lipinski definition) is 5. The Morgan fingerprint density at radius 3 is 2.12 bits per heavy atom. The summed E-state index contributed by atoms with van der Waals surface area (Å²) in [6, 6.07) is 14.5. The summed E-state index contributed by atoms with van der Waals surface area (Å²) in [6.07, 6.45) is 1.16. The zero-order valence-electron chi connectivity index (χ0n) is 18.0. The van der Waals surface area contributed by atoms with Gasteiger partial charge in [-0.2, -0.15) is 4.31 Å². The Morgan fingerprint density at radius 2 is 1.50 bits per heavy atom. The van der Waals surface area contributed by atoms with E-state index in [-0.39, 0.29) is 16.7 Å². The Bertz CT molecular complexity index is 1060. The Hall–Kier alpha value is -2.91. The largest absolute Gasteiger partial charge is 0.497 e. The number of ether oxygens (including phenoxy) is 1. The van der Waals surface area contributed by atoms with Gasteiger partial charge in [-0.25, -0.2) is 8.42 Å². The van der Waals surface area contributed by atoms with Crippen LogP contribution in [0.4, 0.5) is 0 Å². The quantitative estimate of drug-likeness (QED) is 0.684. The van der Waals surface area contributed by atoms with Gasteiger partial charge < -0.3 is 14.5 Å². The minimum Gasteiger partial charge on any atom is -0.497 e. The van der Waals surface area contributed by atoms with Crippen LogP contribution in [0.5, 0.6) is 5.75 Å². The molecule has 170 valence electrons. The molecule has 2 saturated heterocycles. The zero-order valence-corrected chi connectivity index (χ0v) is 18.8. The highest BCUT2D eigenvalue weighted by atomic mass is 32.2. The summed E-state index contributed by atoms with van der Waals surface area (Å²) in [5.74, 6) is 0.413. The van der Waals surface area contributed by atoms with E-state index in [0.717, 1.165) is 0 Å². The molecule has 2 heterocycles. The van der Waals surface area contributed by atoms with Crippen LogP contribution < -0.4 is 4.74 Å². The molecule has 1 unspecified atom stereocenters. The van der Waals surface area contributed by atoms with Gasteiger partial charge in [-0.3, -0.25) is 9.59 Å². The maximum atomic E-state index is 13.2. The molecule has 2 fully saturated rings. The summed E-state index contributed by atoms with van der Waals surface area (Å²) in [5.41, 5.74) is 0.571. The fraction of sp³-hybridized carbons (Fsp3) is 0.391. The van der Waals surface area contributed by atoms with Crippen LogP contribution in [0.3, 0.4) is 0 Å². The van der Waals surface area contributed by atoms with Gasteiger partial charge in [0.15, 0.2) is 0 Å². The molecule has 2 aliphatic heterocycles. The van der Waals surface area contributed by atoms with Crippen LogP contribution in [0.2, 0.25) is 0 Å². The van der Waals surface area contributed by atoms with Crippen molar-refractivity contribution in [2.45, 2.75) is 23.8 Å². The smallest absolute Gasteiger partial charge is 0.253 e. The van der Waals surface area contributed by atoms with E-state index >= 15 is 0 Å². The molecule has 2 amide bonds. The molecular formula is C23H27N3O5S. The highest BCUT2D eigenvalue weighted by Crippen LogP contribution is 2.27. The normalized spacial score (nSPS) is 19.7. The first kappa shape index (κ1) is 22.3. The standard InChI is InChI=1S/C23H27N3O5S/c1-31-19-11-9-18(10-12-19)22(27)24-14-16-25(17-15-24)23(28)21-8-5-13-26(21)32(29,30)20-6-3-2-4-7-20/h2-4,6-7,9-12,21H,5,8,13-17H2,1H3. The lowest BCUT2D eigenvalue weighted by atomic mass is 10.1. The van der Waals surface area contributed by atoms with Crippen molar-refractivity contribution in [1.29, 1.82) is 0 Å². The fourth-order valence-electron chi connectivity index (χ4n) is 4.26. The first-order valence-electron chi connectivity index (χ1n) is 10.7. The number of methoxy groups -OCH3 is 1. The molecule has 0 bridgehead atoms. The van der Waals surface area contributed by atoms with Gasteiger partial charge in [0.2, 0.25) is 15.9 Å². The van der Waals surface area contributed by atoms with Gasteiger partial charge in [-0.05, 0) is 49.2 Å². The highest BCUT2D eigenvalue weighted by molar-refractivity contribution is 7.89. The van der Waals surface area contributed by atoms with Crippen LogP contribution >= 0.6 is 0 Å². The molecular weight excluding hydrogens is 430 g/mol. The number of rotatable bonds is 5. The second-order valence-electron chi connectivity index (χ2n) is 7.93. The van der Waals surface area contributed by atoms with Crippen molar-refractivity contribution in [3.05, 3.63) is 60.2 Å². The topological polar surface area (TPSA) is 87.2 Å². The summed E-state index contributed by atoms with van der Waals surface area (Å²) in [5, 5.41) is 0. The van der Waals surface area contributed by atoms with Gasteiger partial charge in [0.05, 0.1) is 12.0 Å². The molecule has 1 atom stereocenters. The van der Waals surface area contributed by atoms with Gasteiger partial charge >= 0.3 is 0 Å². The van der Waals surface area contributed by atoms with Crippen LogP contribution in [-0.2, 0) is 14.8 Å². The third kappa shape index (κ3) is 4.35. The Balaban J connectivity index is 1.40. The lowest BCUT2D eigenvalue weighted by Crippen LogP contribution is -2.55. The van der Waals surface area contributed by atoms with Crippen molar-refractivity contribution in [2.24, 2.45) is 0 Å². The lowest BCUT2D eigenvalue weighted by Gasteiger charge is -2.37. The van der Waals surface area contributed by atoms with Crippen molar-refractivity contribution >= 4 is 21.8 Å². The van der Waals surface area contributed by atoms with Gasteiger partial charge in [0.25, 0.3) is 5.91 Å². The molecule has 32 heavy (non-hydrogen) atoms. The summed E-state index contributed by atoms with van der Waals surface area (Å²) in [4.78, 5) is 29.6. The van der Waals surface area contributed by atoms with E-state index in [1.165, 1.54) is 4.31 Å². The van der Waals surface area contributed by atoms with Crippen molar-refractivity contribution in [2.75, 3.05) is 39.8 Å². The van der Waals surface area contributed by atoms with Gasteiger partial charge in [-0.15, -0.1) is 0 Å². The van der Waals surface area contributed by atoms with E-state index < -0.39 is 16.1 Å². The monoisotopic (exact) mass is 457 g/mol. The van der Waals surface area contributed by atoms with Crippen LogP contribution in [-0.4, -0.2) is 80.2 Å². The van der Waals surface area contributed by atoms with Crippen molar-refractivity contribution in [3.8, 4) is 5.75 Å². The lowest BCUT2D eigenvalue weighted by molar-refractivity contribution is -0.136. The number of carbonyl (C=O) groups is 2. The van der Waals surface area contributed by atoms with Gasteiger partial charge in [0.1, 0.15) is 11.8 Å². The molecule has 2 aliphatic rings. The maximum absolute atomic E-state index is 13.2. The fourth-order valence-corrected chi connectivity index (χ4v) is 5.93. The van der Waals surface area contributed by atoms with Crippen LogP contribution in [0.1, 0.15) is 23.2 Å². The first-order chi connectivity index (χ1) is 15.4. The van der Waals surface area contributed by atoms with E-state index in [1.54, 1.807) is 71.5 Å². The number of nitrogens with zero attached hydrogens (tertiary/aromatic N) is 3. The number of piperazine rings is 1. The molecule has 0 aromatic heterocycles. The van der Waals surface area contributed by atoms with Gasteiger partial charge in [-0.1, -0.05) is 18.2 Å². The average Bonchev–Trinajstić information content (AvgIpc) is 3.35. The Kier molecular flexibility index (Phi) is 6.48. The number of sulfonamides is 1. The van der Waals surface area contributed by atoms with Crippen molar-refractivity contribution < 1.29 is 22.7 Å². The van der Waals surface area contributed by atoms with E-state index in [2.05, 4.69) is 0 Å². The first-order valence-corrected chi connectivity index (χ1v) is 12.1. The Labute approximate surface area is 188 Å². The molecule has 4 rings (SSSR count). The van der Waals surface area contributed by atoms with Crippen LogP contribution in [0.25, 0.3) is 0 Å². The van der Waals surface area contributed by atoms with E-state index in [1.807, 2.05) is 0 Å². The zero-order chi connectivity index (χ0) is 22.7. The van der Waals surface area contributed by atoms with Crippen LogP contribution in [0.15, 0.2) is 59.5 Å². The Morgan fingerprint density at radius 1 is 0.875 bits per heavy atom. The molecule has 0 spiro atoms. The third-order valence-electron chi connectivity index (χ3n) is 6.05. The minimum absolute atomic E-state index is 0.0890. The molecule has 0 N–H and O–H groups in total. The minimum atomic E-state index is -3.73. The molecule has 2 aromatic rings. The van der Waals surface area contributed by atoms with E-state index in [9.17, 15) is 18.0 Å². The molecule has 0 aliphatic carbocycles. The third-order valence-corrected chi connectivity index (χ3v) is 7.98. The summed E-state index contributed by atoms with van der Waals surface area (Å²) < 4.78 is 32.6. The van der Waals surface area contributed by atoms with Crippen LogP contribution in [0, 0.1) is 0 Å².